The van der Waals surface area contributed by atoms with Crippen molar-refractivity contribution >= 4 is 23.5 Å². The second kappa shape index (κ2) is 10.8. The highest BCUT2D eigenvalue weighted by Crippen LogP contribution is 2.61. The van der Waals surface area contributed by atoms with Gasteiger partial charge in [0, 0.05) is 47.4 Å². The number of benzene rings is 2. The summed E-state index contributed by atoms with van der Waals surface area (Å²) in [6.45, 7) is 2.73. The Balaban J connectivity index is 1.55. The highest BCUT2D eigenvalue weighted by atomic mass is 16.5. The van der Waals surface area contributed by atoms with Crippen molar-refractivity contribution in [3.8, 4) is 11.8 Å². The molecule has 2 aromatic carbocycles. The molecule has 4 rings (SSSR count). The number of aliphatic carboxylic acids is 1. The van der Waals surface area contributed by atoms with E-state index in [2.05, 4.69) is 16.7 Å². The van der Waals surface area contributed by atoms with Gasteiger partial charge in [-0.25, -0.2) is 4.79 Å². The van der Waals surface area contributed by atoms with Gasteiger partial charge in [-0.15, -0.1) is 0 Å². The largest absolute Gasteiger partial charge is 0.493 e. The van der Waals surface area contributed by atoms with Crippen LogP contribution in [0.2, 0.25) is 0 Å². The van der Waals surface area contributed by atoms with Gasteiger partial charge in [-0.3, -0.25) is 9.59 Å². The number of carboxylic acids is 1. The molecule has 37 heavy (non-hydrogen) atoms. The number of hydrogen-bond acceptors (Lipinski definition) is 6. The first-order chi connectivity index (χ1) is 17.8. The maximum Gasteiger partial charge on any atom is 0.327 e. The Morgan fingerprint density at radius 3 is 2.84 bits per heavy atom. The minimum Gasteiger partial charge on any atom is -0.493 e. The van der Waals surface area contributed by atoms with E-state index in [4.69, 9.17) is 14.6 Å². The number of nitrogens with zero attached hydrogens (tertiary/aromatic N) is 1. The molecule has 0 bridgehead atoms. The van der Waals surface area contributed by atoms with Crippen LogP contribution in [0.1, 0.15) is 46.8 Å². The summed E-state index contributed by atoms with van der Waals surface area (Å²) in [5, 5.41) is 24.0. The first kappa shape index (κ1) is 25.9. The van der Waals surface area contributed by atoms with Crippen molar-refractivity contribution in [3.63, 3.8) is 0 Å². The zero-order chi connectivity index (χ0) is 26.6. The minimum atomic E-state index is -1.06. The van der Waals surface area contributed by atoms with Gasteiger partial charge < -0.3 is 25.2 Å². The van der Waals surface area contributed by atoms with Gasteiger partial charge in [0.2, 0.25) is 5.91 Å². The maximum atomic E-state index is 13.4. The Morgan fingerprint density at radius 1 is 1.30 bits per heavy atom. The lowest BCUT2D eigenvalue weighted by atomic mass is 9.86. The van der Waals surface area contributed by atoms with E-state index in [0.29, 0.717) is 60.6 Å². The Bertz CT molecular complexity index is 1300. The molecule has 1 aliphatic carbocycles. The quantitative estimate of drug-likeness (QED) is 0.447. The lowest BCUT2D eigenvalue weighted by Crippen LogP contribution is -2.36. The van der Waals surface area contributed by atoms with Crippen molar-refractivity contribution in [3.05, 3.63) is 70.8 Å². The number of carbonyl (C=O) groups is 3. The number of carbonyl (C=O) groups excluding carboxylic acids is 2. The van der Waals surface area contributed by atoms with Gasteiger partial charge in [-0.2, -0.15) is 5.26 Å². The van der Waals surface area contributed by atoms with Crippen molar-refractivity contribution < 1.29 is 29.0 Å². The number of hydrogen-bond donors (Lipinski definition) is 3. The normalized spacial score (nSPS) is 20.4. The smallest absolute Gasteiger partial charge is 0.327 e. The van der Waals surface area contributed by atoms with Crippen molar-refractivity contribution in [2.24, 2.45) is 5.92 Å². The summed E-state index contributed by atoms with van der Waals surface area (Å²) >= 11 is 0. The molecule has 192 valence electrons. The SMILES string of the molecule is COC[C@H](C)NC(=O)c1ccc2c(c1)[C@]1(CCO2)C[C@H]1C(=O)Nc1cc(C#N)ccc1CC=CC(=O)O. The summed E-state index contributed by atoms with van der Waals surface area (Å²) in [5.74, 6) is -1.11. The second-order valence-corrected chi connectivity index (χ2v) is 9.47. The van der Waals surface area contributed by atoms with Gasteiger partial charge in [0.1, 0.15) is 5.75 Å². The topological polar surface area (TPSA) is 138 Å². The van der Waals surface area contributed by atoms with Crippen molar-refractivity contribution in [1.29, 1.82) is 5.26 Å². The summed E-state index contributed by atoms with van der Waals surface area (Å²) in [5.41, 5.74) is 2.49. The fourth-order valence-corrected chi connectivity index (χ4v) is 4.93. The maximum absolute atomic E-state index is 13.4. The Labute approximate surface area is 215 Å². The molecular formula is C28H29N3O6. The number of carboxylic acid groups (broad SMARTS) is 1. The molecule has 2 aromatic rings. The van der Waals surface area contributed by atoms with E-state index in [1.165, 1.54) is 6.08 Å². The highest BCUT2D eigenvalue weighted by Gasteiger charge is 2.61. The number of amides is 2. The number of rotatable bonds is 9. The van der Waals surface area contributed by atoms with Gasteiger partial charge >= 0.3 is 5.97 Å². The molecule has 3 atom stereocenters. The predicted molar refractivity (Wildman–Crippen MR) is 135 cm³/mol. The average molecular weight is 504 g/mol. The Morgan fingerprint density at radius 2 is 2.11 bits per heavy atom. The van der Waals surface area contributed by atoms with E-state index >= 15 is 0 Å². The summed E-state index contributed by atoms with van der Waals surface area (Å²) in [6.07, 6.45) is 4.09. The van der Waals surface area contributed by atoms with Crippen molar-refractivity contribution in [1.82, 2.24) is 5.32 Å². The van der Waals surface area contributed by atoms with E-state index < -0.39 is 11.4 Å². The molecule has 3 N–H and O–H groups in total. The van der Waals surface area contributed by atoms with Crippen LogP contribution in [0.3, 0.4) is 0 Å². The van der Waals surface area contributed by atoms with Crippen LogP contribution in [0.5, 0.6) is 5.75 Å². The van der Waals surface area contributed by atoms with Gasteiger partial charge in [0.15, 0.2) is 0 Å². The van der Waals surface area contributed by atoms with E-state index in [9.17, 15) is 19.6 Å². The van der Waals surface area contributed by atoms with Crippen molar-refractivity contribution in [2.45, 2.75) is 37.6 Å². The molecule has 1 saturated carbocycles. The van der Waals surface area contributed by atoms with E-state index in [0.717, 1.165) is 11.6 Å². The molecule has 0 saturated heterocycles. The van der Waals surface area contributed by atoms with Crippen LogP contribution in [0.25, 0.3) is 0 Å². The minimum absolute atomic E-state index is 0.151. The first-order valence-electron chi connectivity index (χ1n) is 12.1. The monoisotopic (exact) mass is 503 g/mol. The summed E-state index contributed by atoms with van der Waals surface area (Å²) < 4.78 is 10.9. The van der Waals surface area contributed by atoms with Crippen LogP contribution in [0.4, 0.5) is 5.69 Å². The number of anilines is 1. The number of nitriles is 1. The van der Waals surface area contributed by atoms with Crippen LogP contribution in [-0.4, -0.2) is 49.3 Å². The van der Waals surface area contributed by atoms with Gasteiger partial charge in [-0.05, 0) is 62.1 Å². The number of allylic oxidation sites excluding steroid dienone is 1. The number of methoxy groups -OCH3 is 1. The van der Waals surface area contributed by atoms with E-state index in [-0.39, 0.29) is 23.8 Å². The number of fused-ring (bicyclic) bond motifs is 2. The molecule has 9 heteroatoms. The Kier molecular flexibility index (Phi) is 7.60. The molecule has 0 aromatic heterocycles. The Hall–Kier alpha value is -4.16. The van der Waals surface area contributed by atoms with E-state index in [1.807, 2.05) is 13.0 Å². The standard InChI is InChI=1S/C28H29N3O6/c1-17(16-36-2)30-26(34)20-8-9-24-21(13-20)28(10-11-37-24)14-22(28)27(35)31-23-12-18(15-29)6-7-19(23)4-3-5-25(32)33/h3,5-9,12-13,17,22H,4,10-11,14,16H2,1-2H3,(H,30,34)(H,31,35)(H,32,33)/t17-,22-,28-/m0/s1. The lowest BCUT2D eigenvalue weighted by molar-refractivity contribution is -0.131. The molecule has 1 fully saturated rings. The number of ether oxygens (including phenoxy) is 2. The third-order valence-corrected chi connectivity index (χ3v) is 6.86. The molecule has 2 amide bonds. The third kappa shape index (κ3) is 5.65. The summed E-state index contributed by atoms with van der Waals surface area (Å²) in [4.78, 5) is 37.0. The van der Waals surface area contributed by atoms with Crippen LogP contribution >= 0.6 is 0 Å². The second-order valence-electron chi connectivity index (χ2n) is 9.47. The fraction of sp³-hybridized carbons (Fsp3) is 0.357. The molecule has 1 aliphatic heterocycles. The lowest BCUT2D eigenvalue weighted by Gasteiger charge is -2.27. The molecule has 1 spiro atoms. The van der Waals surface area contributed by atoms with Gasteiger partial charge in [0.05, 0.1) is 24.8 Å². The molecular weight excluding hydrogens is 474 g/mol. The van der Waals surface area contributed by atoms with Crippen LogP contribution in [-0.2, 0) is 26.2 Å². The highest BCUT2D eigenvalue weighted by molar-refractivity contribution is 5.98. The number of nitrogens with one attached hydrogen (secondary N) is 2. The van der Waals surface area contributed by atoms with E-state index in [1.54, 1.807) is 37.4 Å². The van der Waals surface area contributed by atoms with Crippen LogP contribution in [0.15, 0.2) is 48.6 Å². The van der Waals surface area contributed by atoms with Gasteiger partial charge in [-0.1, -0.05) is 12.1 Å². The molecule has 0 radical (unpaired) electrons. The van der Waals surface area contributed by atoms with Crippen molar-refractivity contribution in [2.75, 3.05) is 25.6 Å². The summed E-state index contributed by atoms with van der Waals surface area (Å²) in [7, 11) is 1.58. The third-order valence-electron chi connectivity index (χ3n) is 6.86. The molecule has 0 unspecified atom stereocenters. The van der Waals surface area contributed by atoms with Crippen LogP contribution < -0.4 is 15.4 Å². The molecule has 9 nitrogen and oxygen atoms in total. The zero-order valence-corrected chi connectivity index (χ0v) is 20.7. The fourth-order valence-electron chi connectivity index (χ4n) is 4.93. The average Bonchev–Trinajstić information content (AvgIpc) is 3.59. The summed E-state index contributed by atoms with van der Waals surface area (Å²) in [6, 6.07) is 12.2. The molecule has 2 aliphatic rings. The molecule has 1 heterocycles. The van der Waals surface area contributed by atoms with Gasteiger partial charge in [0.25, 0.3) is 5.91 Å². The first-order valence-corrected chi connectivity index (χ1v) is 12.1. The zero-order valence-electron chi connectivity index (χ0n) is 20.7. The predicted octanol–water partition coefficient (Wildman–Crippen LogP) is 3.19. The van der Waals surface area contributed by atoms with Crippen LogP contribution in [0, 0.1) is 17.2 Å².